The lowest BCUT2D eigenvalue weighted by atomic mass is 10.2. The number of para-hydroxylation sites is 1. The molecule has 29 heavy (non-hydrogen) atoms. The smallest absolute Gasteiger partial charge is 0.241 e. The first kappa shape index (κ1) is 23.3. The molecule has 0 fully saturated rings. The van der Waals surface area contributed by atoms with E-state index in [2.05, 4.69) is 10.0 Å². The van der Waals surface area contributed by atoms with Crippen LogP contribution in [-0.2, 0) is 14.8 Å². The molecule has 0 aromatic heterocycles. The van der Waals surface area contributed by atoms with Crippen LogP contribution in [0.25, 0.3) is 0 Å². The maximum Gasteiger partial charge on any atom is 0.241 e. The van der Waals surface area contributed by atoms with Crippen LogP contribution in [0, 0.1) is 12.8 Å². The Balaban J connectivity index is 2.13. The van der Waals surface area contributed by atoms with E-state index in [1.165, 1.54) is 23.9 Å². The fourth-order valence-corrected chi connectivity index (χ4v) is 4.32. The number of benzene rings is 2. The highest BCUT2D eigenvalue weighted by Crippen LogP contribution is 2.28. The zero-order chi connectivity index (χ0) is 21.6. The number of thioether (sulfide) groups is 1. The van der Waals surface area contributed by atoms with Crippen LogP contribution in [0.5, 0.6) is 5.75 Å². The molecule has 2 rings (SSSR count). The molecule has 158 valence electrons. The molecule has 0 unspecified atom stereocenters. The number of carbonyl (C=O) groups is 1. The average Bonchev–Trinajstić information content (AvgIpc) is 2.66. The molecule has 8 heteroatoms. The van der Waals surface area contributed by atoms with Gasteiger partial charge in [-0.3, -0.25) is 4.79 Å². The first-order valence-corrected chi connectivity index (χ1v) is 12.0. The highest BCUT2D eigenvalue weighted by Gasteiger charge is 2.20. The standard InChI is InChI=1S/C21H28N2O4S2/c1-14(2)21(24)22-18-12-17(10-11-20(18)28-5)29(25,26)23-16(4)13-27-19-9-7-6-8-15(19)3/h6-12,14,16,23H,13H2,1-5H3,(H,22,24)/t16-/m1/s1. The summed E-state index contributed by atoms with van der Waals surface area (Å²) >= 11 is 1.44. The molecule has 0 aliphatic heterocycles. The number of rotatable bonds is 9. The van der Waals surface area contributed by atoms with Crippen LogP contribution in [-0.4, -0.2) is 33.2 Å². The van der Waals surface area contributed by atoms with Gasteiger partial charge in [0.2, 0.25) is 15.9 Å². The Hall–Kier alpha value is -2.03. The first-order valence-electron chi connectivity index (χ1n) is 9.33. The van der Waals surface area contributed by atoms with Gasteiger partial charge in [0.05, 0.1) is 16.6 Å². The topological polar surface area (TPSA) is 84.5 Å². The summed E-state index contributed by atoms with van der Waals surface area (Å²) in [6, 6.07) is 11.9. The van der Waals surface area contributed by atoms with Gasteiger partial charge in [0.25, 0.3) is 0 Å². The third kappa shape index (κ3) is 6.48. The first-order chi connectivity index (χ1) is 13.6. The number of hydrogen-bond donors (Lipinski definition) is 2. The molecule has 0 aliphatic rings. The number of hydrogen-bond acceptors (Lipinski definition) is 5. The second-order valence-corrected chi connectivity index (χ2v) is 9.67. The molecular weight excluding hydrogens is 408 g/mol. The quantitative estimate of drug-likeness (QED) is 0.579. The van der Waals surface area contributed by atoms with Crippen LogP contribution >= 0.6 is 11.8 Å². The maximum atomic E-state index is 12.8. The van der Waals surface area contributed by atoms with Gasteiger partial charge < -0.3 is 10.1 Å². The van der Waals surface area contributed by atoms with Crippen molar-refractivity contribution in [3.05, 3.63) is 48.0 Å². The summed E-state index contributed by atoms with van der Waals surface area (Å²) in [6.45, 7) is 7.45. The zero-order valence-electron chi connectivity index (χ0n) is 17.4. The maximum absolute atomic E-state index is 12.8. The highest BCUT2D eigenvalue weighted by atomic mass is 32.2. The molecule has 2 aromatic rings. The van der Waals surface area contributed by atoms with Crippen LogP contribution in [0.15, 0.2) is 52.3 Å². The Labute approximate surface area is 177 Å². The van der Waals surface area contributed by atoms with Gasteiger partial charge in [0.15, 0.2) is 0 Å². The minimum atomic E-state index is -3.77. The van der Waals surface area contributed by atoms with Crippen LogP contribution in [0.3, 0.4) is 0 Å². The van der Waals surface area contributed by atoms with Gasteiger partial charge in [-0.2, -0.15) is 0 Å². The molecule has 0 spiro atoms. The number of ether oxygens (including phenoxy) is 1. The lowest BCUT2D eigenvalue weighted by molar-refractivity contribution is -0.118. The van der Waals surface area contributed by atoms with E-state index in [4.69, 9.17) is 4.74 Å². The molecule has 1 amide bonds. The van der Waals surface area contributed by atoms with Crippen molar-refractivity contribution in [2.45, 2.75) is 43.5 Å². The minimum Gasteiger partial charge on any atom is -0.492 e. The third-order valence-electron chi connectivity index (χ3n) is 4.20. The normalized spacial score (nSPS) is 12.6. The summed E-state index contributed by atoms with van der Waals surface area (Å²) in [6.07, 6.45) is 1.87. The van der Waals surface area contributed by atoms with Crippen LogP contribution in [0.4, 0.5) is 5.69 Å². The fourth-order valence-electron chi connectivity index (χ4n) is 2.53. The van der Waals surface area contributed by atoms with E-state index < -0.39 is 16.1 Å². The monoisotopic (exact) mass is 436 g/mol. The van der Waals surface area contributed by atoms with Crippen molar-refractivity contribution in [3.63, 3.8) is 0 Å². The fraction of sp³-hybridized carbons (Fsp3) is 0.381. The Morgan fingerprint density at radius 1 is 1.14 bits per heavy atom. The van der Waals surface area contributed by atoms with Crippen molar-refractivity contribution in [1.82, 2.24) is 4.72 Å². The van der Waals surface area contributed by atoms with Crippen molar-refractivity contribution < 1.29 is 17.9 Å². The molecule has 1 atom stereocenters. The van der Waals surface area contributed by atoms with Gasteiger partial charge in [-0.05, 0) is 49.9 Å². The number of carbonyl (C=O) groups excluding carboxylic acids is 1. The van der Waals surface area contributed by atoms with Gasteiger partial charge in [0, 0.05) is 10.8 Å². The van der Waals surface area contributed by atoms with E-state index in [0.29, 0.717) is 5.69 Å². The van der Waals surface area contributed by atoms with E-state index >= 15 is 0 Å². The Kier molecular flexibility index (Phi) is 8.13. The predicted octanol–water partition coefficient (Wildman–Crippen LogP) is 4.06. The van der Waals surface area contributed by atoms with Crippen LogP contribution in [0.2, 0.25) is 0 Å². The summed E-state index contributed by atoms with van der Waals surface area (Å²) in [5.74, 6) is 0.353. The van der Waals surface area contributed by atoms with Gasteiger partial charge in [-0.25, -0.2) is 13.1 Å². The van der Waals surface area contributed by atoms with Gasteiger partial charge in [0.1, 0.15) is 12.4 Å². The van der Waals surface area contributed by atoms with E-state index in [0.717, 1.165) is 16.2 Å². The van der Waals surface area contributed by atoms with Crippen molar-refractivity contribution in [1.29, 1.82) is 0 Å². The van der Waals surface area contributed by atoms with Crippen LogP contribution < -0.4 is 14.8 Å². The van der Waals surface area contributed by atoms with Crippen molar-refractivity contribution in [2.24, 2.45) is 5.92 Å². The minimum absolute atomic E-state index is 0.0945. The summed E-state index contributed by atoms with van der Waals surface area (Å²) in [5.41, 5.74) is 1.48. The Bertz CT molecular complexity index is 959. The molecule has 0 aliphatic carbocycles. The molecule has 6 nitrogen and oxygen atoms in total. The molecular formula is C21H28N2O4S2. The average molecular weight is 437 g/mol. The largest absolute Gasteiger partial charge is 0.492 e. The van der Waals surface area contributed by atoms with E-state index in [1.54, 1.807) is 26.8 Å². The number of nitrogens with one attached hydrogen (secondary N) is 2. The molecule has 0 radical (unpaired) electrons. The number of anilines is 1. The van der Waals surface area contributed by atoms with Crippen molar-refractivity contribution in [2.75, 3.05) is 18.2 Å². The molecule has 0 saturated carbocycles. The predicted molar refractivity (Wildman–Crippen MR) is 118 cm³/mol. The number of sulfonamides is 1. The molecule has 2 aromatic carbocycles. The van der Waals surface area contributed by atoms with Crippen LogP contribution in [0.1, 0.15) is 26.3 Å². The lowest BCUT2D eigenvalue weighted by Gasteiger charge is -2.17. The number of aryl methyl sites for hydroxylation is 1. The second kappa shape index (κ2) is 10.1. The summed E-state index contributed by atoms with van der Waals surface area (Å²) < 4.78 is 34.0. The number of amides is 1. The molecule has 0 heterocycles. The Morgan fingerprint density at radius 2 is 1.83 bits per heavy atom. The summed E-state index contributed by atoms with van der Waals surface area (Å²) in [5, 5.41) is 2.80. The van der Waals surface area contributed by atoms with E-state index in [1.807, 2.05) is 37.4 Å². The summed E-state index contributed by atoms with van der Waals surface area (Å²) in [4.78, 5) is 13.0. The van der Waals surface area contributed by atoms with Gasteiger partial charge in [-0.1, -0.05) is 32.0 Å². The lowest BCUT2D eigenvalue weighted by Crippen LogP contribution is -2.36. The Morgan fingerprint density at radius 3 is 2.45 bits per heavy atom. The summed E-state index contributed by atoms with van der Waals surface area (Å²) in [7, 11) is -3.77. The second-order valence-electron chi connectivity index (χ2n) is 7.10. The van der Waals surface area contributed by atoms with Gasteiger partial charge in [-0.15, -0.1) is 11.8 Å². The van der Waals surface area contributed by atoms with E-state index in [9.17, 15) is 13.2 Å². The van der Waals surface area contributed by atoms with E-state index in [-0.39, 0.29) is 23.3 Å². The third-order valence-corrected chi connectivity index (χ3v) is 6.59. The molecule has 2 N–H and O–H groups in total. The van der Waals surface area contributed by atoms with Crippen molar-refractivity contribution in [3.8, 4) is 5.75 Å². The van der Waals surface area contributed by atoms with Crippen molar-refractivity contribution >= 4 is 33.4 Å². The zero-order valence-corrected chi connectivity index (χ0v) is 19.0. The molecule has 0 saturated heterocycles. The molecule has 0 bridgehead atoms. The van der Waals surface area contributed by atoms with Gasteiger partial charge >= 0.3 is 0 Å². The highest BCUT2D eigenvalue weighted by molar-refractivity contribution is 7.98. The SMILES string of the molecule is CSc1ccc(S(=O)(=O)N[C@H](C)COc2ccccc2C)cc1NC(=O)C(C)C.